The Morgan fingerprint density at radius 2 is 2.07 bits per heavy atom. The van der Waals surface area contributed by atoms with Crippen LogP contribution in [0.4, 0.5) is 5.69 Å². The zero-order valence-electron chi connectivity index (χ0n) is 15.4. The summed E-state index contributed by atoms with van der Waals surface area (Å²) < 4.78 is 32.4. The molecule has 2 heterocycles. The van der Waals surface area contributed by atoms with Gasteiger partial charge in [0, 0.05) is 44.4 Å². The van der Waals surface area contributed by atoms with Gasteiger partial charge in [-0.15, -0.1) is 12.4 Å². The molecule has 10 nitrogen and oxygen atoms in total. The lowest BCUT2D eigenvalue weighted by atomic mass is 10.1. The lowest BCUT2D eigenvalue weighted by Gasteiger charge is -2.40. The van der Waals surface area contributed by atoms with Crippen molar-refractivity contribution in [2.75, 3.05) is 39.8 Å². The van der Waals surface area contributed by atoms with E-state index in [0.717, 1.165) is 12.5 Å². The van der Waals surface area contributed by atoms with Gasteiger partial charge in [-0.25, -0.2) is 8.42 Å². The Hall–Kier alpha value is -1.95. The average Bonchev–Trinajstić information content (AvgIpc) is 2.67. The molecular weight excluding hydrogens is 412 g/mol. The van der Waals surface area contributed by atoms with Crippen molar-refractivity contribution in [3.8, 4) is 5.75 Å². The molecule has 0 spiro atoms. The fraction of sp³-hybridized carbons (Fsp3) is 0.562. The number of nitrogens with zero attached hydrogens (tertiary/aromatic N) is 3. The molecule has 2 fully saturated rings. The molecule has 2 aliphatic heterocycles. The number of rotatable bonds is 5. The van der Waals surface area contributed by atoms with Crippen molar-refractivity contribution >= 4 is 34.0 Å². The number of hydrogen-bond donors (Lipinski definition) is 1. The second-order valence-corrected chi connectivity index (χ2v) is 8.45. The molecule has 0 saturated carbocycles. The highest BCUT2D eigenvalue weighted by Crippen LogP contribution is 2.31. The molecule has 12 heteroatoms. The molecule has 1 unspecified atom stereocenters. The largest absolute Gasteiger partial charge is 0.490 e. The first-order valence-electron chi connectivity index (χ1n) is 8.67. The Kier molecular flexibility index (Phi) is 7.21. The number of carbonyl (C=O) groups excluding carboxylic acids is 1. The van der Waals surface area contributed by atoms with Gasteiger partial charge in [-0.1, -0.05) is 0 Å². The second kappa shape index (κ2) is 9.03. The zero-order valence-corrected chi connectivity index (χ0v) is 17.0. The number of methoxy groups -OCH3 is 1. The molecular formula is C16H23ClN4O6S. The number of nitro benzene ring substituents is 1. The minimum Gasteiger partial charge on any atom is -0.490 e. The first-order valence-corrected chi connectivity index (χ1v) is 10.1. The quantitative estimate of drug-likeness (QED) is 0.532. The number of hydrogen-bond acceptors (Lipinski definition) is 7. The molecule has 1 N–H and O–H groups in total. The maximum Gasteiger partial charge on any atom is 0.310 e. The maximum atomic E-state index is 13.0. The van der Waals surface area contributed by atoms with Crippen molar-refractivity contribution in [1.29, 1.82) is 0 Å². The van der Waals surface area contributed by atoms with Crippen LogP contribution in [0.2, 0.25) is 0 Å². The molecule has 1 atom stereocenters. The summed E-state index contributed by atoms with van der Waals surface area (Å²) in [5, 5.41) is 14.0. The van der Waals surface area contributed by atoms with Crippen molar-refractivity contribution in [3.05, 3.63) is 28.3 Å². The predicted molar refractivity (Wildman–Crippen MR) is 103 cm³/mol. The Bertz CT molecular complexity index is 850. The van der Waals surface area contributed by atoms with E-state index in [1.54, 1.807) is 4.90 Å². The fourth-order valence-electron chi connectivity index (χ4n) is 3.52. The highest BCUT2D eigenvalue weighted by Gasteiger charge is 2.35. The van der Waals surface area contributed by atoms with Crippen molar-refractivity contribution in [2.24, 2.45) is 0 Å². The molecule has 2 aliphatic rings. The highest BCUT2D eigenvalue weighted by molar-refractivity contribution is 7.89. The minimum absolute atomic E-state index is 0. The molecule has 28 heavy (non-hydrogen) atoms. The van der Waals surface area contributed by atoms with Gasteiger partial charge < -0.3 is 15.0 Å². The molecule has 0 aromatic heterocycles. The van der Waals surface area contributed by atoms with Gasteiger partial charge in [-0.05, 0) is 18.9 Å². The molecule has 0 bridgehead atoms. The summed E-state index contributed by atoms with van der Waals surface area (Å²) in [4.78, 5) is 24.2. The molecule has 1 aromatic carbocycles. The fourth-order valence-corrected chi connectivity index (χ4v) is 5.05. The van der Waals surface area contributed by atoms with Crippen LogP contribution in [-0.4, -0.2) is 74.3 Å². The number of amides is 1. The van der Waals surface area contributed by atoms with E-state index in [0.29, 0.717) is 26.1 Å². The molecule has 1 aromatic rings. The van der Waals surface area contributed by atoms with Crippen molar-refractivity contribution < 1.29 is 22.9 Å². The second-order valence-electron chi connectivity index (χ2n) is 6.51. The number of ether oxygens (including phenoxy) is 1. The first kappa shape index (κ1) is 22.3. The summed E-state index contributed by atoms with van der Waals surface area (Å²) in [5.41, 5.74) is -0.292. The van der Waals surface area contributed by atoms with Crippen molar-refractivity contribution in [2.45, 2.75) is 23.8 Å². The van der Waals surface area contributed by atoms with Gasteiger partial charge in [0.25, 0.3) is 0 Å². The number of nitrogens with one attached hydrogen (secondary N) is 1. The number of piperazine rings is 1. The van der Waals surface area contributed by atoms with Gasteiger partial charge in [0.2, 0.25) is 15.9 Å². The van der Waals surface area contributed by atoms with Gasteiger partial charge >= 0.3 is 5.69 Å². The van der Waals surface area contributed by atoms with Crippen molar-refractivity contribution in [1.82, 2.24) is 14.5 Å². The number of halogens is 1. The monoisotopic (exact) mass is 434 g/mol. The van der Waals surface area contributed by atoms with Crippen LogP contribution in [0, 0.1) is 10.1 Å². The highest BCUT2D eigenvalue weighted by atomic mass is 35.5. The molecule has 3 rings (SSSR count). The topological polar surface area (TPSA) is 122 Å². The van der Waals surface area contributed by atoms with E-state index in [-0.39, 0.29) is 53.8 Å². The van der Waals surface area contributed by atoms with Crippen LogP contribution in [0.25, 0.3) is 0 Å². The molecule has 156 valence electrons. The Morgan fingerprint density at radius 1 is 1.32 bits per heavy atom. The van der Waals surface area contributed by atoms with Gasteiger partial charge in [0.1, 0.15) is 0 Å². The Balaban J connectivity index is 0.00000280. The summed E-state index contributed by atoms with van der Waals surface area (Å²) in [6.07, 6.45) is 1.40. The van der Waals surface area contributed by atoms with Crippen LogP contribution < -0.4 is 10.1 Å². The van der Waals surface area contributed by atoms with Gasteiger partial charge in [-0.3, -0.25) is 14.9 Å². The lowest BCUT2D eigenvalue weighted by Crippen LogP contribution is -2.57. The summed E-state index contributed by atoms with van der Waals surface area (Å²) in [5.74, 6) is -0.130. The van der Waals surface area contributed by atoms with Crippen molar-refractivity contribution in [3.63, 3.8) is 0 Å². The smallest absolute Gasteiger partial charge is 0.310 e. The third kappa shape index (κ3) is 4.37. The van der Waals surface area contributed by atoms with E-state index in [1.165, 1.54) is 23.5 Å². The minimum atomic E-state index is -3.85. The van der Waals surface area contributed by atoms with Crippen LogP contribution in [0.15, 0.2) is 23.1 Å². The maximum absolute atomic E-state index is 13.0. The summed E-state index contributed by atoms with van der Waals surface area (Å²) >= 11 is 0. The molecule has 0 radical (unpaired) electrons. The third-order valence-electron chi connectivity index (χ3n) is 4.91. The van der Waals surface area contributed by atoms with Crippen LogP contribution in [0.1, 0.15) is 12.8 Å². The van der Waals surface area contributed by atoms with E-state index in [4.69, 9.17) is 4.74 Å². The van der Waals surface area contributed by atoms with Crippen LogP contribution in [0.5, 0.6) is 5.75 Å². The molecule has 1 amide bonds. The Morgan fingerprint density at radius 3 is 2.71 bits per heavy atom. The van der Waals surface area contributed by atoms with E-state index in [2.05, 4.69) is 5.32 Å². The Labute approximate surface area is 169 Å². The zero-order chi connectivity index (χ0) is 19.6. The third-order valence-corrected chi connectivity index (χ3v) is 6.77. The van der Waals surface area contributed by atoms with Crippen LogP contribution >= 0.6 is 12.4 Å². The van der Waals surface area contributed by atoms with Gasteiger partial charge in [-0.2, -0.15) is 4.31 Å². The SMILES string of the molecule is COc1cc(S(=O)(=O)N2CCCC(N3CCNCC3=O)C2)ccc1[N+](=O)[O-].Cl. The van der Waals surface area contributed by atoms with Crippen LogP contribution in [-0.2, 0) is 14.8 Å². The van der Waals surface area contributed by atoms with Gasteiger partial charge in [0.15, 0.2) is 5.75 Å². The number of piperidine rings is 1. The standard InChI is InChI=1S/C16H22N4O6S.ClH/c1-26-15-9-13(4-5-14(15)20(22)23)27(24,25)18-7-2-3-12(11-18)19-8-6-17-10-16(19)21;/h4-5,9,12,17H,2-3,6-8,10-11H2,1H3;1H. The first-order chi connectivity index (χ1) is 12.8. The number of benzene rings is 1. The number of carbonyl (C=O) groups is 1. The predicted octanol–water partition coefficient (Wildman–Crippen LogP) is 0.610. The lowest BCUT2D eigenvalue weighted by molar-refractivity contribution is -0.385. The van der Waals surface area contributed by atoms with Gasteiger partial charge in [0.05, 0.1) is 23.5 Å². The number of nitro groups is 1. The van der Waals surface area contributed by atoms with Crippen LogP contribution in [0.3, 0.4) is 0 Å². The van der Waals surface area contributed by atoms with E-state index in [9.17, 15) is 23.3 Å². The average molecular weight is 435 g/mol. The summed E-state index contributed by atoms with van der Waals surface area (Å²) in [6.45, 7) is 2.08. The van der Waals surface area contributed by atoms with E-state index in [1.807, 2.05) is 0 Å². The van der Waals surface area contributed by atoms with E-state index < -0.39 is 14.9 Å². The van der Waals surface area contributed by atoms with E-state index >= 15 is 0 Å². The summed E-state index contributed by atoms with van der Waals surface area (Å²) in [7, 11) is -2.59. The molecule has 2 saturated heterocycles. The summed E-state index contributed by atoms with van der Waals surface area (Å²) in [6, 6.07) is 3.36. The molecule has 0 aliphatic carbocycles. The number of sulfonamides is 1. The normalized spacial score (nSPS) is 21.1.